The molecule has 2 aromatic rings. The van der Waals surface area contributed by atoms with Crippen molar-refractivity contribution in [2.24, 2.45) is 35.3 Å². The highest BCUT2D eigenvalue weighted by molar-refractivity contribution is 5.97. The average Bonchev–Trinajstić information content (AvgIpc) is 3.86. The van der Waals surface area contributed by atoms with Gasteiger partial charge in [0.25, 0.3) is 0 Å². The Kier molecular flexibility index (Phi) is 24.7. The van der Waals surface area contributed by atoms with E-state index in [0.29, 0.717) is 41.9 Å². The van der Waals surface area contributed by atoms with Gasteiger partial charge in [-0.15, -0.1) is 0 Å². The molecule has 0 aliphatic carbocycles. The molecule has 1 aliphatic rings. The van der Waals surface area contributed by atoms with Crippen molar-refractivity contribution in [3.8, 4) is 0 Å². The van der Waals surface area contributed by atoms with Crippen molar-refractivity contribution in [1.29, 1.82) is 0 Å². The van der Waals surface area contributed by atoms with Crippen LogP contribution in [0.15, 0.2) is 66.4 Å². The summed E-state index contributed by atoms with van der Waals surface area (Å²) in [7, 11) is 6.09. The largest absolute Gasteiger partial charge is 0.445 e. The second-order valence-electron chi connectivity index (χ2n) is 20.6. The van der Waals surface area contributed by atoms with Crippen LogP contribution in [0.3, 0.4) is 0 Å². The number of carbonyl (C=O) groups is 7. The van der Waals surface area contributed by atoms with Crippen molar-refractivity contribution >= 4 is 47.2 Å². The summed E-state index contributed by atoms with van der Waals surface area (Å²) in [5.41, 5.74) is 8.19. The smallest absolute Gasteiger partial charge is 0.410 e. The minimum absolute atomic E-state index is 0.0962. The molecule has 11 atom stereocenters. The molecule has 0 fully saturated rings. The Morgan fingerprint density at radius 2 is 1.36 bits per heavy atom. The fraction of sp³-hybridized carbons (Fsp3) is 0.618. The van der Waals surface area contributed by atoms with Gasteiger partial charge in [0.1, 0.15) is 30.8 Å². The van der Waals surface area contributed by atoms with Crippen molar-refractivity contribution in [2.45, 2.75) is 157 Å². The Morgan fingerprint density at radius 1 is 0.743 bits per heavy atom. The number of hydrogen-bond acceptors (Lipinski definition) is 12. The van der Waals surface area contributed by atoms with E-state index in [-0.39, 0.29) is 42.6 Å². The number of nitrogens with zero attached hydrogens (tertiary/aromatic N) is 3. The van der Waals surface area contributed by atoms with Crippen molar-refractivity contribution in [3.63, 3.8) is 0 Å². The zero-order valence-corrected chi connectivity index (χ0v) is 46.3. The highest BCUT2D eigenvalue weighted by atomic mass is 16.6. The molecule has 19 heteroatoms. The molecular weight excluding hydrogens is 949 g/mol. The molecule has 7 amide bonds. The molecule has 7 N–H and O–H groups in total. The molecule has 412 valence electrons. The minimum Gasteiger partial charge on any atom is -0.445 e. The normalized spacial score (nSPS) is 17.1. The van der Waals surface area contributed by atoms with Gasteiger partial charge in [0.15, 0.2) is 0 Å². The number of nitrogens with two attached hydrogens (primary N) is 1. The van der Waals surface area contributed by atoms with Gasteiger partial charge in [0.2, 0.25) is 35.4 Å². The third-order valence-electron chi connectivity index (χ3n) is 14.0. The summed E-state index contributed by atoms with van der Waals surface area (Å²) >= 11 is 0. The van der Waals surface area contributed by atoms with Crippen LogP contribution in [0.4, 0.5) is 10.5 Å². The monoisotopic (exact) mass is 1030 g/mol. The zero-order valence-electron chi connectivity index (χ0n) is 46.3. The van der Waals surface area contributed by atoms with Crippen LogP contribution in [0.2, 0.25) is 0 Å². The van der Waals surface area contributed by atoms with Gasteiger partial charge in [-0.1, -0.05) is 117 Å². The number of hydrogen-bond donors (Lipinski definition) is 6. The van der Waals surface area contributed by atoms with Gasteiger partial charge in [0.05, 0.1) is 42.7 Å². The lowest BCUT2D eigenvalue weighted by molar-refractivity contribution is -0.146. The fourth-order valence-electron chi connectivity index (χ4n) is 9.09. The molecule has 1 aliphatic heterocycles. The lowest BCUT2D eigenvalue weighted by atomic mass is 9.89. The van der Waals surface area contributed by atoms with E-state index in [1.165, 1.54) is 26.2 Å². The third-order valence-corrected chi connectivity index (χ3v) is 14.0. The Hall–Kier alpha value is -5.89. The third kappa shape index (κ3) is 16.8. The standard InChI is InChI=1S/C55H86N8O11/c1-16-34(8)47(42(72-14)29-43(64)63-28-20-23-41(63)49(73-15)35(9)50(66)57-36(10)48(65)39-21-18-17-19-22-39)61(12)54(70)45(32(4)5)60-53(69)46(33(6)7)62(13)55(71)74-30-38-24-26-40(27-25-38)59-51(67)37(11)58-52(68)44(56)31(2)3/h17-19,21-27,31-37,42,44-49,65H,16,20,28-30,56H2,1-15H3,(H,57,66)(H,58,68)(H,59,67)(H,60,69)/t34-,35+,36+,37-,42+,44-,45-,46-,47-,48+,49+/m0/s1. The van der Waals surface area contributed by atoms with Crippen LogP contribution >= 0.6 is 0 Å². The molecule has 2 aromatic carbocycles. The molecule has 74 heavy (non-hydrogen) atoms. The van der Waals surface area contributed by atoms with Crippen molar-refractivity contribution in [3.05, 3.63) is 77.5 Å². The molecule has 0 saturated carbocycles. The highest BCUT2D eigenvalue weighted by Crippen LogP contribution is 2.30. The van der Waals surface area contributed by atoms with Crippen LogP contribution in [0.5, 0.6) is 0 Å². The number of aliphatic hydroxyl groups is 1. The second-order valence-corrected chi connectivity index (χ2v) is 20.6. The number of likely N-dealkylation sites (N-methyl/N-ethyl adjacent to an activating group) is 2. The number of amides is 7. The first-order valence-electron chi connectivity index (χ1n) is 25.8. The lowest BCUT2D eigenvalue weighted by Crippen LogP contribution is -2.60. The van der Waals surface area contributed by atoms with E-state index in [1.807, 2.05) is 65.8 Å². The molecule has 3 rings (SSSR count). The molecule has 0 unspecified atom stereocenters. The van der Waals surface area contributed by atoms with E-state index in [1.54, 1.807) is 87.9 Å². The first-order chi connectivity index (χ1) is 34.8. The lowest BCUT2D eigenvalue weighted by Gasteiger charge is -2.40. The van der Waals surface area contributed by atoms with Gasteiger partial charge in [-0.05, 0) is 67.2 Å². The highest BCUT2D eigenvalue weighted by Gasteiger charge is 2.42. The predicted molar refractivity (Wildman–Crippen MR) is 284 cm³/mol. The summed E-state index contributed by atoms with van der Waals surface area (Å²) in [6, 6.07) is 10.8. The van der Waals surface area contributed by atoms with Crippen molar-refractivity contribution in [2.75, 3.05) is 40.2 Å². The Balaban J connectivity index is 1.70. The fourth-order valence-corrected chi connectivity index (χ4v) is 9.09. The summed E-state index contributed by atoms with van der Waals surface area (Å²) in [4.78, 5) is 99.7. The van der Waals surface area contributed by atoms with Crippen molar-refractivity contribution < 1.29 is 52.9 Å². The molecule has 0 radical (unpaired) electrons. The molecule has 0 spiro atoms. The number of aliphatic hydroxyl groups excluding tert-OH is 1. The number of benzene rings is 2. The van der Waals surface area contributed by atoms with Gasteiger partial charge in [-0.25, -0.2) is 4.79 Å². The summed E-state index contributed by atoms with van der Waals surface area (Å²) in [5, 5.41) is 22.1. The minimum atomic E-state index is -1.02. The molecular formula is C55H86N8O11. The summed E-state index contributed by atoms with van der Waals surface area (Å²) in [6.45, 7) is 20.0. The first-order valence-corrected chi connectivity index (χ1v) is 25.8. The van der Waals surface area contributed by atoms with Gasteiger partial charge in [-0.3, -0.25) is 33.7 Å². The average molecular weight is 1040 g/mol. The molecule has 0 bridgehead atoms. The van der Waals surface area contributed by atoms with E-state index in [2.05, 4.69) is 21.3 Å². The van der Waals surface area contributed by atoms with E-state index >= 15 is 0 Å². The van der Waals surface area contributed by atoms with Gasteiger partial charge in [-0.2, -0.15) is 0 Å². The van der Waals surface area contributed by atoms with Crippen LogP contribution in [0, 0.1) is 29.6 Å². The van der Waals surface area contributed by atoms with Crippen LogP contribution in [-0.2, 0) is 49.6 Å². The summed E-state index contributed by atoms with van der Waals surface area (Å²) in [5.74, 6) is -4.20. The molecule has 0 aromatic heterocycles. The number of methoxy groups -OCH3 is 2. The Labute approximate surface area is 439 Å². The van der Waals surface area contributed by atoms with Crippen LogP contribution in [0.25, 0.3) is 0 Å². The van der Waals surface area contributed by atoms with E-state index in [0.717, 1.165) is 0 Å². The maximum absolute atomic E-state index is 14.7. The summed E-state index contributed by atoms with van der Waals surface area (Å²) < 4.78 is 17.5. The number of nitrogens with one attached hydrogen (secondary N) is 4. The number of ether oxygens (including phenoxy) is 3. The number of carbonyl (C=O) groups excluding carboxylic acids is 7. The van der Waals surface area contributed by atoms with Crippen LogP contribution < -0.4 is 27.0 Å². The Morgan fingerprint density at radius 3 is 1.91 bits per heavy atom. The van der Waals surface area contributed by atoms with E-state index in [4.69, 9.17) is 19.9 Å². The quantitative estimate of drug-likeness (QED) is 0.0682. The number of rotatable bonds is 27. The molecule has 0 saturated heterocycles. The zero-order chi connectivity index (χ0) is 55.7. The SMILES string of the molecule is CC[C@H](C)[C@@H]([C@@H](CC(=O)N1CCC=C1[C@H](OC)[C@@H](C)C(=O)N[C@H](C)[C@@H](O)c1ccccc1)OC)N(C)C(=O)[C@@H](NC(=O)[C@H](C(C)C)N(C)C(=O)OCc1ccc(NC(=O)[C@H](C)NC(=O)[C@@H](N)C(C)C)cc1)C(C)C. The van der Waals surface area contributed by atoms with Gasteiger partial charge < -0.3 is 56.1 Å². The van der Waals surface area contributed by atoms with Gasteiger partial charge in [0, 0.05) is 46.2 Å². The van der Waals surface area contributed by atoms with E-state index in [9.17, 15) is 38.7 Å². The second kappa shape index (κ2) is 29.3. The van der Waals surface area contributed by atoms with E-state index < -0.39 is 96.1 Å². The summed E-state index contributed by atoms with van der Waals surface area (Å²) in [6.07, 6.45) is -0.287. The topological polar surface area (TPSA) is 251 Å². The maximum Gasteiger partial charge on any atom is 0.410 e. The van der Waals surface area contributed by atoms with Gasteiger partial charge >= 0.3 is 6.09 Å². The Bertz CT molecular complexity index is 2210. The maximum atomic E-state index is 14.7. The van der Waals surface area contributed by atoms with Crippen molar-refractivity contribution in [1.82, 2.24) is 30.7 Å². The van der Waals surface area contributed by atoms with Crippen LogP contribution in [-0.4, -0.2) is 145 Å². The number of anilines is 1. The van der Waals surface area contributed by atoms with Crippen LogP contribution in [0.1, 0.15) is 113 Å². The predicted octanol–water partition coefficient (Wildman–Crippen LogP) is 5.13. The first kappa shape index (κ1) is 62.4. The molecule has 19 nitrogen and oxygen atoms in total. The molecule has 1 heterocycles.